The Balaban J connectivity index is 1.42. The van der Waals surface area contributed by atoms with E-state index in [0.717, 1.165) is 34.6 Å². The van der Waals surface area contributed by atoms with Crippen LogP contribution in [0.25, 0.3) is 0 Å². The van der Waals surface area contributed by atoms with E-state index < -0.39 is 20.5 Å². The molecule has 3 aromatic carbocycles. The number of benzene rings is 3. The van der Waals surface area contributed by atoms with Crippen molar-refractivity contribution in [3.63, 3.8) is 0 Å². The Bertz CT molecular complexity index is 1380. The normalized spacial score (nSPS) is 18.4. The summed E-state index contributed by atoms with van der Waals surface area (Å²) in [6.07, 6.45) is -0.898. The van der Waals surface area contributed by atoms with Crippen LogP contribution in [0.3, 0.4) is 0 Å². The molecule has 0 unspecified atom stereocenters. The maximum absolute atomic E-state index is 13.3. The van der Waals surface area contributed by atoms with Gasteiger partial charge in [0.05, 0.1) is 45.7 Å². The van der Waals surface area contributed by atoms with Crippen LogP contribution >= 0.6 is 0 Å². The van der Waals surface area contributed by atoms with Gasteiger partial charge in [-0.2, -0.15) is 0 Å². The van der Waals surface area contributed by atoms with E-state index in [9.17, 15) is 9.90 Å². The van der Waals surface area contributed by atoms with Crippen LogP contribution in [-0.4, -0.2) is 70.0 Å². The number of piperidine rings is 1. The first-order valence-corrected chi connectivity index (χ1v) is 19.4. The highest BCUT2D eigenvalue weighted by Gasteiger charge is 2.50. The van der Waals surface area contributed by atoms with E-state index in [-0.39, 0.29) is 25.2 Å². The van der Waals surface area contributed by atoms with E-state index in [4.69, 9.17) is 23.4 Å². The number of hydrogen-bond donors (Lipinski definition) is 1. The molecule has 0 saturated carbocycles. The molecule has 1 aliphatic heterocycles. The van der Waals surface area contributed by atoms with Crippen molar-refractivity contribution in [1.29, 1.82) is 0 Å². The molecule has 9 heteroatoms. The second-order valence-corrected chi connectivity index (χ2v) is 19.1. The Kier molecular flexibility index (Phi) is 13.9. The zero-order chi connectivity index (χ0) is 34.7. The summed E-state index contributed by atoms with van der Waals surface area (Å²) >= 11 is 0. The summed E-state index contributed by atoms with van der Waals surface area (Å²) in [6.45, 7) is 15.8. The number of amides is 1. The van der Waals surface area contributed by atoms with Crippen molar-refractivity contribution < 1.29 is 33.3 Å². The molecule has 0 radical (unpaired) electrons. The third kappa shape index (κ3) is 9.40. The van der Waals surface area contributed by atoms with E-state index in [1.807, 2.05) is 78.9 Å². The number of β-amino-alcohol motifs (C(OH)–C–C–N with tert-alkyl or cyclic N) is 1. The highest BCUT2D eigenvalue weighted by molar-refractivity contribution is 6.77. The molecule has 1 fully saturated rings. The van der Waals surface area contributed by atoms with Crippen molar-refractivity contribution in [2.75, 3.05) is 33.4 Å². The highest BCUT2D eigenvalue weighted by Crippen LogP contribution is 2.46. The lowest BCUT2D eigenvalue weighted by Gasteiger charge is -2.49. The maximum Gasteiger partial charge on any atom is 0.410 e. The van der Waals surface area contributed by atoms with Crippen molar-refractivity contribution in [3.05, 3.63) is 95.6 Å². The summed E-state index contributed by atoms with van der Waals surface area (Å²) in [6, 6.07) is 25.4. The number of nitrogens with zero attached hydrogens (tertiary/aromatic N) is 1. The van der Waals surface area contributed by atoms with E-state index in [0.29, 0.717) is 43.0 Å². The number of aliphatic hydroxyl groups is 1. The zero-order valence-corrected chi connectivity index (χ0v) is 30.8. The summed E-state index contributed by atoms with van der Waals surface area (Å²) in [7, 11) is -0.692. The van der Waals surface area contributed by atoms with Gasteiger partial charge >= 0.3 is 6.09 Å². The number of likely N-dealkylation sites (tertiary alicyclic amines) is 1. The first-order chi connectivity index (χ1) is 23.1. The first-order valence-electron chi connectivity index (χ1n) is 17.3. The fourth-order valence-electron chi connectivity index (χ4n) is 7.31. The number of ether oxygens (including phenoxy) is 4. The summed E-state index contributed by atoms with van der Waals surface area (Å²) in [4.78, 5) is 14.9. The Morgan fingerprint density at radius 3 is 2.12 bits per heavy atom. The van der Waals surface area contributed by atoms with E-state index in [1.54, 1.807) is 12.0 Å². The summed E-state index contributed by atoms with van der Waals surface area (Å²) in [5.74, 6) is 1.28. The fraction of sp³-hybridized carbons (Fsp3) is 0.513. The Morgan fingerprint density at radius 1 is 0.833 bits per heavy atom. The van der Waals surface area contributed by atoms with Gasteiger partial charge in [0, 0.05) is 24.4 Å². The monoisotopic (exact) mass is 677 g/mol. The van der Waals surface area contributed by atoms with Gasteiger partial charge in [0.15, 0.2) is 0 Å². The lowest BCUT2D eigenvalue weighted by molar-refractivity contribution is -0.0255. The number of carbonyl (C=O) groups excluding carboxylic acids is 1. The fourth-order valence-corrected chi connectivity index (χ4v) is 12.9. The van der Waals surface area contributed by atoms with Crippen LogP contribution in [0.15, 0.2) is 78.9 Å². The smallest absolute Gasteiger partial charge is 0.410 e. The molecular formula is C39H55NO7Si. The van der Waals surface area contributed by atoms with Crippen LogP contribution in [0, 0.1) is 0 Å². The van der Waals surface area contributed by atoms with E-state index in [2.05, 4.69) is 41.5 Å². The Labute approximate surface area is 288 Å². The van der Waals surface area contributed by atoms with E-state index in [1.165, 1.54) is 0 Å². The molecule has 3 atom stereocenters. The summed E-state index contributed by atoms with van der Waals surface area (Å²) < 4.78 is 30.2. The predicted octanol–water partition coefficient (Wildman–Crippen LogP) is 8.34. The SMILES string of the molecule is COc1ccccc1COCCCOc1ccc([C@@H]2[C@@H](O)CN(C(=O)OCc3ccccc3)C[C@H]2O[Si](C(C)C)(C(C)C)C(C)C)cc1. The minimum Gasteiger partial charge on any atom is -0.496 e. The van der Waals surface area contributed by atoms with Gasteiger partial charge in [-0.15, -0.1) is 0 Å². The molecule has 1 saturated heterocycles. The third-order valence-electron chi connectivity index (χ3n) is 9.57. The average molecular weight is 678 g/mol. The molecule has 1 aliphatic rings. The quantitative estimate of drug-likeness (QED) is 0.121. The van der Waals surface area contributed by atoms with Gasteiger partial charge in [-0.25, -0.2) is 4.79 Å². The standard InChI is InChI=1S/C39H55NO7Si/c1-28(2)48(29(3)4,30(5)6)47-37-25-40(39(42)46-26-31-14-9-8-10-15-31)24-35(41)38(37)32-18-20-34(21-19-32)45-23-13-22-44-27-33-16-11-12-17-36(33)43-7/h8-12,14-21,28-30,35,37-38,41H,13,22-27H2,1-7H3/t35-,37+,38+/m0/s1. The van der Waals surface area contributed by atoms with Crippen LogP contribution in [0.1, 0.15) is 70.6 Å². The Morgan fingerprint density at radius 2 is 1.48 bits per heavy atom. The van der Waals surface area contributed by atoms with Gasteiger partial charge in [-0.1, -0.05) is 102 Å². The number of para-hydroxylation sites is 1. The zero-order valence-electron chi connectivity index (χ0n) is 29.8. The van der Waals surface area contributed by atoms with Crippen LogP contribution in [0.5, 0.6) is 11.5 Å². The second-order valence-electron chi connectivity index (χ2n) is 13.6. The molecule has 1 amide bonds. The van der Waals surface area contributed by atoms with Crippen molar-refractivity contribution in [3.8, 4) is 11.5 Å². The minimum atomic E-state index is -2.36. The van der Waals surface area contributed by atoms with Gasteiger partial charge in [-0.3, -0.25) is 0 Å². The number of rotatable bonds is 16. The number of hydrogen-bond acceptors (Lipinski definition) is 7. The largest absolute Gasteiger partial charge is 0.496 e. The number of aliphatic hydroxyl groups excluding tert-OH is 1. The van der Waals surface area contributed by atoms with Gasteiger partial charge < -0.3 is 33.4 Å². The summed E-state index contributed by atoms with van der Waals surface area (Å²) in [5, 5.41) is 11.7. The summed E-state index contributed by atoms with van der Waals surface area (Å²) in [5.41, 5.74) is 3.96. The molecule has 1 heterocycles. The molecule has 0 aliphatic carbocycles. The Hall–Kier alpha value is -3.37. The second kappa shape index (κ2) is 17.9. The van der Waals surface area contributed by atoms with Crippen LogP contribution in [0.2, 0.25) is 16.6 Å². The molecule has 8 nitrogen and oxygen atoms in total. The predicted molar refractivity (Wildman–Crippen MR) is 192 cm³/mol. The third-order valence-corrected chi connectivity index (χ3v) is 15.7. The lowest BCUT2D eigenvalue weighted by atomic mass is 9.85. The molecule has 0 aromatic heterocycles. The number of methoxy groups -OCH3 is 1. The first kappa shape index (κ1) is 37.4. The molecular weight excluding hydrogens is 623 g/mol. The van der Waals surface area contributed by atoms with E-state index >= 15 is 0 Å². The lowest BCUT2D eigenvalue weighted by Crippen LogP contribution is -2.59. The number of carbonyl (C=O) groups is 1. The molecule has 3 aromatic rings. The van der Waals surface area contributed by atoms with Crippen LogP contribution in [-0.2, 0) is 27.1 Å². The maximum atomic E-state index is 13.3. The average Bonchev–Trinajstić information content (AvgIpc) is 3.08. The van der Waals surface area contributed by atoms with Crippen LogP contribution < -0.4 is 9.47 Å². The van der Waals surface area contributed by atoms with Gasteiger partial charge in [0.25, 0.3) is 0 Å². The molecule has 262 valence electrons. The molecule has 1 N–H and O–H groups in total. The van der Waals surface area contributed by atoms with Crippen LogP contribution in [0.4, 0.5) is 4.79 Å². The van der Waals surface area contributed by atoms with Crippen molar-refractivity contribution >= 4 is 14.4 Å². The van der Waals surface area contributed by atoms with Gasteiger partial charge in [0.2, 0.25) is 8.32 Å². The van der Waals surface area contributed by atoms with Gasteiger partial charge in [-0.05, 0) is 45.9 Å². The molecule has 4 rings (SSSR count). The highest BCUT2D eigenvalue weighted by atomic mass is 28.4. The molecule has 0 spiro atoms. The molecule has 48 heavy (non-hydrogen) atoms. The van der Waals surface area contributed by atoms with Crippen molar-refractivity contribution in [2.45, 2.75) is 95.9 Å². The van der Waals surface area contributed by atoms with Crippen molar-refractivity contribution in [2.24, 2.45) is 0 Å². The van der Waals surface area contributed by atoms with Crippen molar-refractivity contribution in [1.82, 2.24) is 4.90 Å². The minimum absolute atomic E-state index is 0.171. The topological polar surface area (TPSA) is 86.7 Å². The van der Waals surface area contributed by atoms with Gasteiger partial charge in [0.1, 0.15) is 18.1 Å². The molecule has 0 bridgehead atoms.